The van der Waals surface area contributed by atoms with Gasteiger partial charge in [-0.15, -0.1) is 11.3 Å². The van der Waals surface area contributed by atoms with Crippen molar-refractivity contribution in [3.05, 3.63) is 57.7 Å². The Kier molecular flexibility index (Phi) is 4.58. The smallest absolute Gasteiger partial charge is 0.416 e. The number of rotatable bonds is 4. The van der Waals surface area contributed by atoms with Crippen LogP contribution in [0.1, 0.15) is 26.6 Å². The molecule has 0 bridgehead atoms. The normalized spacial score (nSPS) is 11.5. The third kappa shape index (κ3) is 4.05. The third-order valence-electron chi connectivity index (χ3n) is 3.19. The fourth-order valence-electron chi connectivity index (χ4n) is 1.97. The summed E-state index contributed by atoms with van der Waals surface area (Å²) in [6, 6.07) is 3.79. The van der Waals surface area contributed by atoms with Crippen molar-refractivity contribution in [2.24, 2.45) is 0 Å². The summed E-state index contributed by atoms with van der Waals surface area (Å²) in [7, 11) is 0. The second kappa shape index (κ2) is 6.67. The molecule has 0 amide bonds. The van der Waals surface area contributed by atoms with Crippen molar-refractivity contribution >= 4 is 17.3 Å². The summed E-state index contributed by atoms with van der Waals surface area (Å²) >= 11 is 1.45. The number of carbonyl (C=O) groups is 1. The lowest BCUT2D eigenvalue weighted by molar-refractivity contribution is -0.137. The van der Waals surface area contributed by atoms with Crippen molar-refractivity contribution in [2.45, 2.75) is 19.7 Å². The highest BCUT2D eigenvalue weighted by atomic mass is 32.1. The molecule has 0 unspecified atom stereocenters. The van der Waals surface area contributed by atoms with Gasteiger partial charge in [-0.25, -0.2) is 14.8 Å². The van der Waals surface area contributed by atoms with Crippen LogP contribution in [-0.2, 0) is 17.5 Å². The van der Waals surface area contributed by atoms with E-state index in [0.717, 1.165) is 29.3 Å². The molecule has 0 saturated carbocycles. The summed E-state index contributed by atoms with van der Waals surface area (Å²) in [5.41, 5.74) is 0.152. The highest BCUT2D eigenvalue weighted by Gasteiger charge is 2.30. The first-order valence-corrected chi connectivity index (χ1v) is 7.92. The Balaban J connectivity index is 1.62. The molecule has 0 aliphatic heterocycles. The Bertz CT molecular complexity index is 885. The van der Waals surface area contributed by atoms with Crippen LogP contribution in [0.5, 0.6) is 0 Å². The number of hydrogen-bond acceptors (Lipinski definition) is 6. The Morgan fingerprint density at radius 3 is 2.56 bits per heavy atom. The number of aryl methyl sites for hydroxylation is 1. The van der Waals surface area contributed by atoms with Crippen molar-refractivity contribution in [3.8, 4) is 11.6 Å². The van der Waals surface area contributed by atoms with Crippen LogP contribution in [-0.4, -0.2) is 15.9 Å². The van der Waals surface area contributed by atoms with Crippen LogP contribution >= 0.6 is 11.3 Å². The molecule has 2 aromatic heterocycles. The molecule has 1 aromatic carbocycles. The van der Waals surface area contributed by atoms with Gasteiger partial charge in [0.15, 0.2) is 0 Å². The van der Waals surface area contributed by atoms with Gasteiger partial charge in [0.05, 0.1) is 16.1 Å². The Labute approximate surface area is 144 Å². The molecule has 0 aliphatic rings. The van der Waals surface area contributed by atoms with E-state index in [1.54, 1.807) is 5.38 Å². The fraction of sp³-hybridized carbons (Fsp3) is 0.188. The van der Waals surface area contributed by atoms with E-state index in [1.807, 2.05) is 6.92 Å². The number of benzene rings is 1. The number of carbonyl (C=O) groups excluding carboxylic acids is 1. The second-order valence-electron chi connectivity index (χ2n) is 5.05. The summed E-state index contributed by atoms with van der Waals surface area (Å²) in [4.78, 5) is 20.3. The van der Waals surface area contributed by atoms with Crippen molar-refractivity contribution < 1.29 is 27.1 Å². The summed E-state index contributed by atoms with van der Waals surface area (Å²) in [6.45, 7) is 1.69. The highest BCUT2D eigenvalue weighted by Crippen LogP contribution is 2.29. The van der Waals surface area contributed by atoms with E-state index in [4.69, 9.17) is 9.15 Å². The minimum Gasteiger partial charge on any atom is -0.455 e. The molecule has 0 spiro atoms. The molecule has 0 aliphatic carbocycles. The van der Waals surface area contributed by atoms with E-state index in [2.05, 4.69) is 9.97 Å². The number of hydrogen-bond donors (Lipinski definition) is 0. The topological polar surface area (TPSA) is 65.2 Å². The van der Waals surface area contributed by atoms with Gasteiger partial charge in [-0.1, -0.05) is 0 Å². The Hall–Kier alpha value is -2.68. The molecule has 2 heterocycles. The Morgan fingerprint density at radius 2 is 1.96 bits per heavy atom. The van der Waals surface area contributed by atoms with Crippen LogP contribution in [0, 0.1) is 6.92 Å². The van der Waals surface area contributed by atoms with Crippen LogP contribution in [0.3, 0.4) is 0 Å². The zero-order valence-electron chi connectivity index (χ0n) is 12.8. The molecule has 9 heteroatoms. The van der Waals surface area contributed by atoms with E-state index < -0.39 is 17.7 Å². The highest BCUT2D eigenvalue weighted by molar-refractivity contribution is 7.09. The van der Waals surface area contributed by atoms with Crippen LogP contribution in [0.25, 0.3) is 11.6 Å². The minimum atomic E-state index is -4.45. The standard InChI is InChI=1S/C16H11F3N2O3S/c1-9-20-13(8-25-9)14-21-12(6-23-14)7-24-15(22)10-2-4-11(5-3-10)16(17,18)19/h2-6,8H,7H2,1H3. The first-order valence-electron chi connectivity index (χ1n) is 7.04. The maximum Gasteiger partial charge on any atom is 0.416 e. The van der Waals surface area contributed by atoms with Gasteiger partial charge in [0.1, 0.15) is 24.3 Å². The molecule has 0 saturated heterocycles. The zero-order valence-corrected chi connectivity index (χ0v) is 13.6. The van der Waals surface area contributed by atoms with Gasteiger partial charge in [-0.05, 0) is 31.2 Å². The Morgan fingerprint density at radius 1 is 1.24 bits per heavy atom. The molecule has 25 heavy (non-hydrogen) atoms. The molecule has 0 atom stereocenters. The van der Waals surface area contributed by atoms with Crippen molar-refractivity contribution in [3.63, 3.8) is 0 Å². The van der Waals surface area contributed by atoms with E-state index in [9.17, 15) is 18.0 Å². The lowest BCUT2D eigenvalue weighted by atomic mass is 10.1. The van der Waals surface area contributed by atoms with Crippen molar-refractivity contribution in [2.75, 3.05) is 0 Å². The maximum atomic E-state index is 12.5. The average Bonchev–Trinajstić information content (AvgIpc) is 3.20. The lowest BCUT2D eigenvalue weighted by Crippen LogP contribution is -2.08. The number of aromatic nitrogens is 2. The summed E-state index contributed by atoms with van der Waals surface area (Å²) in [6.07, 6.45) is -3.11. The molecule has 0 fully saturated rings. The van der Waals surface area contributed by atoms with Crippen LogP contribution in [0.4, 0.5) is 13.2 Å². The first kappa shape index (κ1) is 17.2. The van der Waals surface area contributed by atoms with Crippen molar-refractivity contribution in [1.82, 2.24) is 9.97 Å². The summed E-state index contributed by atoms with van der Waals surface area (Å²) in [5, 5.41) is 2.66. The molecule has 3 rings (SSSR count). The quantitative estimate of drug-likeness (QED) is 0.635. The number of esters is 1. The molecule has 0 radical (unpaired) electrons. The van der Waals surface area contributed by atoms with Crippen LogP contribution < -0.4 is 0 Å². The molecule has 5 nitrogen and oxygen atoms in total. The SMILES string of the molecule is Cc1nc(-c2nc(COC(=O)c3ccc(C(F)(F)F)cc3)co2)cs1. The maximum absolute atomic E-state index is 12.5. The largest absolute Gasteiger partial charge is 0.455 e. The van der Waals surface area contributed by atoms with Gasteiger partial charge in [-0.2, -0.15) is 13.2 Å². The predicted octanol–water partition coefficient (Wildman–Crippen LogP) is 4.48. The minimum absolute atomic E-state index is 0.0202. The first-order chi connectivity index (χ1) is 11.8. The van der Waals surface area contributed by atoms with Gasteiger partial charge < -0.3 is 9.15 Å². The van der Waals surface area contributed by atoms with Crippen LogP contribution in [0.2, 0.25) is 0 Å². The summed E-state index contributed by atoms with van der Waals surface area (Å²) < 4.78 is 47.8. The molecular weight excluding hydrogens is 357 g/mol. The van der Waals surface area contributed by atoms with Crippen molar-refractivity contribution in [1.29, 1.82) is 0 Å². The predicted molar refractivity (Wildman–Crippen MR) is 82.9 cm³/mol. The average molecular weight is 368 g/mol. The monoisotopic (exact) mass is 368 g/mol. The number of thiazole rings is 1. The van der Waals surface area contributed by atoms with Gasteiger partial charge in [0.25, 0.3) is 0 Å². The van der Waals surface area contributed by atoms with E-state index in [0.29, 0.717) is 17.3 Å². The number of oxazole rings is 1. The van der Waals surface area contributed by atoms with Gasteiger partial charge >= 0.3 is 12.1 Å². The number of nitrogens with zero attached hydrogens (tertiary/aromatic N) is 2. The number of alkyl halides is 3. The van der Waals surface area contributed by atoms with E-state index in [-0.39, 0.29) is 12.2 Å². The molecule has 3 aromatic rings. The van der Waals surface area contributed by atoms with Gasteiger partial charge in [-0.3, -0.25) is 0 Å². The second-order valence-corrected chi connectivity index (χ2v) is 6.11. The summed E-state index contributed by atoms with van der Waals surface area (Å²) in [5.74, 6) is -0.437. The van der Waals surface area contributed by atoms with Gasteiger partial charge in [0.2, 0.25) is 5.89 Å². The van der Waals surface area contributed by atoms with E-state index in [1.165, 1.54) is 17.6 Å². The van der Waals surface area contributed by atoms with Crippen LogP contribution in [0.15, 0.2) is 40.3 Å². The van der Waals surface area contributed by atoms with Gasteiger partial charge in [0, 0.05) is 5.38 Å². The zero-order chi connectivity index (χ0) is 18.0. The molecule has 0 N–H and O–H groups in total. The fourth-order valence-corrected chi connectivity index (χ4v) is 2.56. The molecule has 130 valence electrons. The number of halogens is 3. The number of ether oxygens (including phenoxy) is 1. The van der Waals surface area contributed by atoms with E-state index >= 15 is 0 Å². The lowest BCUT2D eigenvalue weighted by Gasteiger charge is -2.07. The molecular formula is C16H11F3N2O3S. The third-order valence-corrected chi connectivity index (χ3v) is 3.96.